The molecule has 3 rings (SSSR count). The number of hydrogen-bond acceptors (Lipinski definition) is 5. The SMILES string of the molecule is CCCCOc1ccc(C(=O)c2c(C)c(C#N)c(=O)n(C3CCCCC3)c2O)cc1. The Morgan fingerprint density at radius 2 is 1.90 bits per heavy atom. The van der Waals surface area contributed by atoms with E-state index in [4.69, 9.17) is 4.74 Å². The summed E-state index contributed by atoms with van der Waals surface area (Å²) in [6, 6.07) is 8.47. The van der Waals surface area contributed by atoms with Crippen LogP contribution in [-0.4, -0.2) is 22.1 Å². The van der Waals surface area contributed by atoms with Crippen molar-refractivity contribution < 1.29 is 14.6 Å². The maximum atomic E-state index is 13.2. The lowest BCUT2D eigenvalue weighted by Crippen LogP contribution is -2.31. The molecule has 0 spiro atoms. The van der Waals surface area contributed by atoms with Crippen molar-refractivity contribution in [2.45, 2.75) is 64.8 Å². The Kier molecular flexibility index (Phi) is 6.94. The largest absolute Gasteiger partial charge is 0.494 e. The van der Waals surface area contributed by atoms with Gasteiger partial charge in [0.05, 0.1) is 12.2 Å². The minimum Gasteiger partial charge on any atom is -0.494 e. The summed E-state index contributed by atoms with van der Waals surface area (Å²) >= 11 is 0. The van der Waals surface area contributed by atoms with Gasteiger partial charge in [-0.2, -0.15) is 5.26 Å². The van der Waals surface area contributed by atoms with Crippen molar-refractivity contribution in [3.8, 4) is 17.7 Å². The number of aromatic nitrogens is 1. The summed E-state index contributed by atoms with van der Waals surface area (Å²) in [4.78, 5) is 26.1. The molecule has 1 saturated carbocycles. The minimum absolute atomic E-state index is 0.0244. The summed E-state index contributed by atoms with van der Waals surface area (Å²) in [6.45, 7) is 4.24. The third kappa shape index (κ3) is 4.25. The van der Waals surface area contributed by atoms with Crippen molar-refractivity contribution in [2.24, 2.45) is 0 Å². The Balaban J connectivity index is 2.01. The smallest absolute Gasteiger partial charge is 0.271 e. The third-order valence-electron chi connectivity index (χ3n) is 5.80. The summed E-state index contributed by atoms with van der Waals surface area (Å²) in [5, 5.41) is 20.5. The molecule has 0 saturated heterocycles. The number of benzene rings is 1. The van der Waals surface area contributed by atoms with Gasteiger partial charge in [-0.3, -0.25) is 14.2 Å². The van der Waals surface area contributed by atoms with Crippen LogP contribution < -0.4 is 10.3 Å². The van der Waals surface area contributed by atoms with E-state index in [-0.39, 0.29) is 28.6 Å². The van der Waals surface area contributed by atoms with Gasteiger partial charge in [0.2, 0.25) is 5.88 Å². The van der Waals surface area contributed by atoms with Gasteiger partial charge >= 0.3 is 0 Å². The molecule has 1 fully saturated rings. The van der Waals surface area contributed by atoms with Crippen molar-refractivity contribution in [1.82, 2.24) is 4.57 Å². The van der Waals surface area contributed by atoms with Crippen LogP contribution >= 0.6 is 0 Å². The Hall–Kier alpha value is -3.07. The van der Waals surface area contributed by atoms with E-state index in [2.05, 4.69) is 6.92 Å². The first-order chi connectivity index (χ1) is 14.5. The number of pyridine rings is 1. The molecule has 0 amide bonds. The lowest BCUT2D eigenvalue weighted by atomic mass is 9.93. The molecule has 1 aromatic carbocycles. The third-order valence-corrected chi connectivity index (χ3v) is 5.80. The number of nitriles is 1. The van der Waals surface area contributed by atoms with Gasteiger partial charge in [0.15, 0.2) is 5.78 Å². The topological polar surface area (TPSA) is 92.3 Å². The Labute approximate surface area is 176 Å². The average Bonchev–Trinajstić information content (AvgIpc) is 2.75. The summed E-state index contributed by atoms with van der Waals surface area (Å²) in [6.07, 6.45) is 6.48. The van der Waals surface area contributed by atoms with Crippen molar-refractivity contribution in [3.05, 3.63) is 56.9 Å². The molecule has 6 nitrogen and oxygen atoms in total. The molecule has 0 aliphatic heterocycles. The molecule has 0 atom stereocenters. The van der Waals surface area contributed by atoms with Crippen LogP contribution in [0.1, 0.15) is 85.0 Å². The molecule has 30 heavy (non-hydrogen) atoms. The fourth-order valence-corrected chi connectivity index (χ4v) is 4.05. The van der Waals surface area contributed by atoms with Gasteiger partial charge in [-0.05, 0) is 56.0 Å². The second kappa shape index (κ2) is 9.62. The highest BCUT2D eigenvalue weighted by molar-refractivity contribution is 6.11. The Morgan fingerprint density at radius 1 is 1.23 bits per heavy atom. The predicted molar refractivity (Wildman–Crippen MR) is 114 cm³/mol. The molecular weight excluding hydrogens is 380 g/mol. The van der Waals surface area contributed by atoms with Crippen LogP contribution in [-0.2, 0) is 0 Å². The maximum Gasteiger partial charge on any atom is 0.271 e. The highest BCUT2D eigenvalue weighted by Gasteiger charge is 2.28. The molecule has 0 radical (unpaired) electrons. The van der Waals surface area contributed by atoms with E-state index < -0.39 is 11.3 Å². The normalized spacial score (nSPS) is 14.3. The number of rotatable bonds is 7. The van der Waals surface area contributed by atoms with Gasteiger partial charge < -0.3 is 9.84 Å². The summed E-state index contributed by atoms with van der Waals surface area (Å²) in [7, 11) is 0. The predicted octanol–water partition coefficient (Wildman–Crippen LogP) is 4.65. The van der Waals surface area contributed by atoms with Gasteiger partial charge in [-0.15, -0.1) is 0 Å². The van der Waals surface area contributed by atoms with Gasteiger partial charge in [0, 0.05) is 11.6 Å². The zero-order valence-electron chi connectivity index (χ0n) is 17.6. The lowest BCUT2D eigenvalue weighted by molar-refractivity contribution is 0.103. The number of ketones is 1. The highest BCUT2D eigenvalue weighted by Crippen LogP contribution is 2.33. The van der Waals surface area contributed by atoms with Crippen LogP contribution in [0.2, 0.25) is 0 Å². The van der Waals surface area contributed by atoms with Crippen molar-refractivity contribution >= 4 is 5.78 Å². The van der Waals surface area contributed by atoms with Crippen LogP contribution in [0.15, 0.2) is 29.1 Å². The van der Waals surface area contributed by atoms with Crippen molar-refractivity contribution in [3.63, 3.8) is 0 Å². The van der Waals surface area contributed by atoms with Crippen LogP contribution in [0.3, 0.4) is 0 Å². The van der Waals surface area contributed by atoms with E-state index in [1.807, 2.05) is 6.07 Å². The van der Waals surface area contributed by atoms with Crippen molar-refractivity contribution in [2.75, 3.05) is 6.61 Å². The standard InChI is InChI=1S/C24H28N2O4/c1-3-4-14-30-19-12-10-17(11-13-19)22(27)21-16(2)20(15-25)23(28)26(24(21)29)18-8-6-5-7-9-18/h10-13,18,29H,3-9,14H2,1-2H3. The molecule has 2 aromatic rings. The summed E-state index contributed by atoms with van der Waals surface area (Å²) in [5.41, 5.74) is 0.0162. The van der Waals surface area contributed by atoms with Gasteiger partial charge in [0.1, 0.15) is 17.4 Å². The zero-order valence-corrected chi connectivity index (χ0v) is 17.6. The molecule has 1 heterocycles. The maximum absolute atomic E-state index is 13.2. The minimum atomic E-state index is -0.518. The first-order valence-electron chi connectivity index (χ1n) is 10.6. The number of carbonyl (C=O) groups excluding carboxylic acids is 1. The van der Waals surface area contributed by atoms with Gasteiger partial charge in [0.25, 0.3) is 5.56 Å². The van der Waals surface area contributed by atoms with Gasteiger partial charge in [-0.1, -0.05) is 32.6 Å². The monoisotopic (exact) mass is 408 g/mol. The van der Waals surface area contributed by atoms with Crippen molar-refractivity contribution in [1.29, 1.82) is 5.26 Å². The molecule has 6 heteroatoms. The van der Waals surface area contributed by atoms with Crippen LogP contribution in [0.5, 0.6) is 11.6 Å². The molecule has 0 unspecified atom stereocenters. The average molecular weight is 408 g/mol. The summed E-state index contributed by atoms with van der Waals surface area (Å²) in [5.74, 6) is -0.0753. The number of carbonyl (C=O) groups is 1. The first kappa shape index (κ1) is 21.6. The van der Waals surface area contributed by atoms with E-state index in [0.717, 1.165) is 44.9 Å². The van der Waals surface area contributed by atoms with E-state index in [9.17, 15) is 20.0 Å². The number of nitrogens with zero attached hydrogens (tertiary/aromatic N) is 2. The molecule has 0 bridgehead atoms. The second-order valence-electron chi connectivity index (χ2n) is 7.83. The Morgan fingerprint density at radius 3 is 2.50 bits per heavy atom. The number of aromatic hydroxyl groups is 1. The van der Waals surface area contributed by atoms with E-state index >= 15 is 0 Å². The molecule has 1 aromatic heterocycles. The number of hydrogen-bond donors (Lipinski definition) is 1. The second-order valence-corrected chi connectivity index (χ2v) is 7.83. The van der Waals surface area contributed by atoms with Crippen LogP contribution in [0.25, 0.3) is 0 Å². The quantitative estimate of drug-likeness (QED) is 0.532. The highest BCUT2D eigenvalue weighted by atomic mass is 16.5. The number of unbranched alkanes of at least 4 members (excludes halogenated alkanes) is 1. The fraction of sp³-hybridized carbons (Fsp3) is 0.458. The lowest BCUT2D eigenvalue weighted by Gasteiger charge is -2.26. The number of ether oxygens (including phenoxy) is 1. The Bertz CT molecular complexity index is 1010. The first-order valence-corrected chi connectivity index (χ1v) is 10.6. The van der Waals surface area contributed by atoms with Gasteiger partial charge in [-0.25, -0.2) is 0 Å². The molecular formula is C24H28N2O4. The molecule has 1 aliphatic rings. The fourth-order valence-electron chi connectivity index (χ4n) is 4.05. The van der Waals surface area contributed by atoms with E-state index in [0.29, 0.717) is 17.9 Å². The van der Waals surface area contributed by atoms with Crippen LogP contribution in [0, 0.1) is 18.3 Å². The van der Waals surface area contributed by atoms with Crippen LogP contribution in [0.4, 0.5) is 0 Å². The molecule has 1 aliphatic carbocycles. The van der Waals surface area contributed by atoms with E-state index in [1.54, 1.807) is 31.2 Å². The summed E-state index contributed by atoms with van der Waals surface area (Å²) < 4.78 is 6.90. The molecule has 158 valence electrons. The zero-order chi connectivity index (χ0) is 21.7. The van der Waals surface area contributed by atoms with E-state index in [1.165, 1.54) is 4.57 Å². The molecule has 1 N–H and O–H groups in total.